The van der Waals surface area contributed by atoms with E-state index in [1.807, 2.05) is 49.4 Å². The molecule has 2 aromatic carbocycles. The standard InChI is InChI=1S/C29H36N4O4S/c1-21(31-29(35)28(34)30-15-14-22-6-10-24(36-2)11-7-22)27(26-5-4-20-38-26)33-18-16-32(17-19-33)23-8-12-25(37-3)13-9-23/h4-13,20-21,27H,14-19H2,1-3H3,(H,30,34)(H,31,35)/t21-,27-/m0/s1. The Bertz CT molecular complexity index is 1160. The average Bonchev–Trinajstić information content (AvgIpc) is 3.48. The monoisotopic (exact) mass is 536 g/mol. The lowest BCUT2D eigenvalue weighted by atomic mass is 10.0. The van der Waals surface area contributed by atoms with Gasteiger partial charge >= 0.3 is 11.8 Å². The van der Waals surface area contributed by atoms with E-state index in [4.69, 9.17) is 9.47 Å². The molecule has 3 aromatic rings. The number of thiophene rings is 1. The highest BCUT2D eigenvalue weighted by Crippen LogP contribution is 2.30. The van der Waals surface area contributed by atoms with Crippen molar-refractivity contribution in [3.05, 3.63) is 76.5 Å². The second-order valence-electron chi connectivity index (χ2n) is 9.30. The first kappa shape index (κ1) is 27.5. The van der Waals surface area contributed by atoms with Crippen LogP contribution in [0.25, 0.3) is 0 Å². The van der Waals surface area contributed by atoms with Gasteiger partial charge in [0.2, 0.25) is 0 Å². The molecule has 0 radical (unpaired) electrons. The highest BCUT2D eigenvalue weighted by Gasteiger charge is 2.32. The molecule has 2 heterocycles. The first-order valence-corrected chi connectivity index (χ1v) is 13.7. The van der Waals surface area contributed by atoms with Crippen molar-refractivity contribution in [2.24, 2.45) is 0 Å². The lowest BCUT2D eigenvalue weighted by molar-refractivity contribution is -0.139. The van der Waals surface area contributed by atoms with E-state index in [2.05, 4.69) is 44.0 Å². The van der Waals surface area contributed by atoms with Gasteiger partial charge in [-0.15, -0.1) is 11.3 Å². The quantitative estimate of drug-likeness (QED) is 0.386. The molecular formula is C29H36N4O4S. The van der Waals surface area contributed by atoms with Gasteiger partial charge in [-0.1, -0.05) is 18.2 Å². The summed E-state index contributed by atoms with van der Waals surface area (Å²) < 4.78 is 10.4. The second-order valence-corrected chi connectivity index (χ2v) is 10.3. The summed E-state index contributed by atoms with van der Waals surface area (Å²) in [5.41, 5.74) is 2.23. The predicted octanol–water partition coefficient (Wildman–Crippen LogP) is 3.49. The van der Waals surface area contributed by atoms with Crippen molar-refractivity contribution in [2.45, 2.75) is 25.4 Å². The minimum atomic E-state index is -0.611. The number of piperazine rings is 1. The van der Waals surface area contributed by atoms with Crippen molar-refractivity contribution < 1.29 is 19.1 Å². The molecule has 1 aliphatic rings. The molecule has 202 valence electrons. The molecule has 0 saturated carbocycles. The summed E-state index contributed by atoms with van der Waals surface area (Å²) in [6.45, 7) is 5.81. The molecule has 1 fully saturated rings. The number of benzene rings is 2. The molecule has 0 unspecified atom stereocenters. The Kier molecular flexibility index (Phi) is 9.62. The van der Waals surface area contributed by atoms with Gasteiger partial charge in [0, 0.05) is 49.3 Å². The third-order valence-electron chi connectivity index (χ3n) is 6.88. The SMILES string of the molecule is COc1ccc(CCNC(=O)C(=O)N[C@@H](C)[C@@H](c2cccs2)N2CCN(c3ccc(OC)cc3)CC2)cc1. The molecule has 4 rings (SSSR count). The van der Waals surface area contributed by atoms with Crippen molar-refractivity contribution >= 4 is 28.8 Å². The summed E-state index contributed by atoms with van der Waals surface area (Å²) in [7, 11) is 3.30. The smallest absolute Gasteiger partial charge is 0.309 e. The van der Waals surface area contributed by atoms with E-state index < -0.39 is 11.8 Å². The van der Waals surface area contributed by atoms with Gasteiger partial charge in [0.05, 0.1) is 20.3 Å². The molecule has 1 aromatic heterocycles. The highest BCUT2D eigenvalue weighted by molar-refractivity contribution is 7.10. The van der Waals surface area contributed by atoms with E-state index in [9.17, 15) is 9.59 Å². The molecule has 0 spiro atoms. The number of ether oxygens (including phenoxy) is 2. The molecule has 0 bridgehead atoms. The molecule has 1 saturated heterocycles. The van der Waals surface area contributed by atoms with Crippen LogP contribution in [0.15, 0.2) is 66.0 Å². The van der Waals surface area contributed by atoms with Crippen molar-refractivity contribution in [1.29, 1.82) is 0 Å². The van der Waals surface area contributed by atoms with Crippen LogP contribution in [0.5, 0.6) is 11.5 Å². The summed E-state index contributed by atoms with van der Waals surface area (Å²) in [6, 6.07) is 19.7. The molecule has 2 N–H and O–H groups in total. The number of methoxy groups -OCH3 is 2. The third kappa shape index (κ3) is 7.05. The summed E-state index contributed by atoms with van der Waals surface area (Å²) in [6.07, 6.45) is 0.634. The number of hydrogen-bond acceptors (Lipinski definition) is 7. The maximum absolute atomic E-state index is 12.8. The number of anilines is 1. The van der Waals surface area contributed by atoms with Crippen LogP contribution in [0.4, 0.5) is 5.69 Å². The third-order valence-corrected chi connectivity index (χ3v) is 7.82. The Hall–Kier alpha value is -3.56. The molecule has 8 nitrogen and oxygen atoms in total. The van der Waals surface area contributed by atoms with Crippen LogP contribution in [0.2, 0.25) is 0 Å². The molecule has 2 amide bonds. The Morgan fingerprint density at radius 2 is 1.53 bits per heavy atom. The molecule has 9 heteroatoms. The first-order valence-electron chi connectivity index (χ1n) is 12.9. The van der Waals surface area contributed by atoms with Crippen LogP contribution in [-0.4, -0.2) is 69.7 Å². The van der Waals surface area contributed by atoms with E-state index in [0.29, 0.717) is 13.0 Å². The zero-order valence-corrected chi connectivity index (χ0v) is 23.0. The van der Waals surface area contributed by atoms with Crippen molar-refractivity contribution in [3.63, 3.8) is 0 Å². The molecule has 0 aliphatic carbocycles. The van der Waals surface area contributed by atoms with E-state index in [1.54, 1.807) is 25.6 Å². The van der Waals surface area contributed by atoms with Crippen LogP contribution in [-0.2, 0) is 16.0 Å². The number of rotatable bonds is 10. The van der Waals surface area contributed by atoms with Gasteiger partial charge in [-0.3, -0.25) is 14.5 Å². The van der Waals surface area contributed by atoms with Crippen LogP contribution in [0, 0.1) is 0 Å². The normalized spacial score (nSPS) is 15.4. The average molecular weight is 537 g/mol. The number of nitrogens with zero attached hydrogens (tertiary/aromatic N) is 2. The fraction of sp³-hybridized carbons (Fsp3) is 0.379. The van der Waals surface area contributed by atoms with Crippen molar-refractivity contribution in [3.8, 4) is 11.5 Å². The minimum absolute atomic E-state index is 0.0101. The van der Waals surface area contributed by atoms with Gasteiger partial charge < -0.3 is 25.0 Å². The van der Waals surface area contributed by atoms with E-state index >= 15 is 0 Å². The van der Waals surface area contributed by atoms with Gasteiger partial charge in [-0.25, -0.2) is 0 Å². The zero-order chi connectivity index (χ0) is 26.9. The highest BCUT2D eigenvalue weighted by atomic mass is 32.1. The van der Waals surface area contributed by atoms with E-state index in [0.717, 1.165) is 43.2 Å². The predicted molar refractivity (Wildman–Crippen MR) is 151 cm³/mol. The maximum Gasteiger partial charge on any atom is 0.309 e. The Morgan fingerprint density at radius 1 is 0.895 bits per heavy atom. The fourth-order valence-electron chi connectivity index (χ4n) is 4.80. The van der Waals surface area contributed by atoms with Crippen LogP contribution in [0.1, 0.15) is 23.4 Å². The number of hydrogen-bond donors (Lipinski definition) is 2. The van der Waals surface area contributed by atoms with Crippen molar-refractivity contribution in [2.75, 3.05) is 51.8 Å². The number of nitrogens with one attached hydrogen (secondary N) is 2. The van der Waals surface area contributed by atoms with Gasteiger partial charge in [0.1, 0.15) is 11.5 Å². The van der Waals surface area contributed by atoms with Gasteiger partial charge in [0.15, 0.2) is 0 Å². The molecule has 38 heavy (non-hydrogen) atoms. The lowest BCUT2D eigenvalue weighted by Crippen LogP contribution is -2.53. The summed E-state index contributed by atoms with van der Waals surface area (Å²) in [5, 5.41) is 7.75. The van der Waals surface area contributed by atoms with Gasteiger partial charge in [-0.2, -0.15) is 0 Å². The van der Waals surface area contributed by atoms with E-state index in [1.165, 1.54) is 10.6 Å². The van der Waals surface area contributed by atoms with E-state index in [-0.39, 0.29) is 12.1 Å². The Balaban J connectivity index is 1.31. The topological polar surface area (TPSA) is 83.1 Å². The first-order chi connectivity index (χ1) is 18.5. The van der Waals surface area contributed by atoms with Gasteiger partial charge in [0.25, 0.3) is 0 Å². The summed E-state index contributed by atoms with van der Waals surface area (Å²) >= 11 is 1.67. The van der Waals surface area contributed by atoms with Crippen LogP contribution >= 0.6 is 11.3 Å². The Morgan fingerprint density at radius 3 is 2.11 bits per heavy atom. The van der Waals surface area contributed by atoms with Crippen LogP contribution < -0.4 is 25.0 Å². The maximum atomic E-state index is 12.8. The summed E-state index contributed by atoms with van der Waals surface area (Å²) in [5.74, 6) is 0.415. The second kappa shape index (κ2) is 13.3. The molecule has 1 aliphatic heterocycles. The van der Waals surface area contributed by atoms with Gasteiger partial charge in [-0.05, 0) is 66.8 Å². The largest absolute Gasteiger partial charge is 0.497 e. The number of carbonyl (C=O) groups is 2. The van der Waals surface area contributed by atoms with Crippen LogP contribution in [0.3, 0.4) is 0 Å². The van der Waals surface area contributed by atoms with Crippen molar-refractivity contribution in [1.82, 2.24) is 15.5 Å². The number of amides is 2. The fourth-order valence-corrected chi connectivity index (χ4v) is 5.76. The Labute approximate surface area is 228 Å². The minimum Gasteiger partial charge on any atom is -0.497 e. The lowest BCUT2D eigenvalue weighted by Gasteiger charge is -2.42. The summed E-state index contributed by atoms with van der Waals surface area (Å²) in [4.78, 5) is 31.2. The zero-order valence-electron chi connectivity index (χ0n) is 22.2. The molecular weight excluding hydrogens is 500 g/mol. The number of carbonyl (C=O) groups excluding carboxylic acids is 2. The molecule has 2 atom stereocenters.